The second-order valence-electron chi connectivity index (χ2n) is 7.08. The van der Waals surface area contributed by atoms with Crippen LogP contribution < -0.4 is 11.5 Å². The molecule has 0 saturated heterocycles. The highest BCUT2D eigenvalue weighted by atomic mass is 16.9. The number of unbranched alkanes of at least 4 members (excludes halogenated alkanes) is 5. The molecule has 0 rings (SSSR count). The smallest absolute Gasteiger partial charge is 0.288 e. The molecule has 0 aliphatic heterocycles. The van der Waals surface area contributed by atoms with Gasteiger partial charge >= 0.3 is 0 Å². The third kappa shape index (κ3) is 8.22. The molecule has 0 aromatic rings. The van der Waals surface area contributed by atoms with E-state index in [1.165, 1.54) is 32.1 Å². The topological polar surface area (TPSA) is 79.7 Å². The molecule has 5 nitrogen and oxygen atoms in total. The normalized spacial score (nSPS) is 14.5. The zero-order valence-corrected chi connectivity index (χ0v) is 18.0. The average molecular weight is 375 g/mol. The zero-order chi connectivity index (χ0) is 19.7. The van der Waals surface area contributed by atoms with Crippen LogP contribution in [0.1, 0.15) is 91.9 Å². The Hall–Kier alpha value is -0.200. The molecular weight excluding hydrogens is 328 g/mol. The van der Waals surface area contributed by atoms with Crippen LogP contribution in [0.5, 0.6) is 0 Å². The summed E-state index contributed by atoms with van der Waals surface area (Å²) in [5.74, 6) is -1.02. The van der Waals surface area contributed by atoms with Gasteiger partial charge in [-0.15, -0.1) is 0 Å². The van der Waals surface area contributed by atoms with Crippen LogP contribution in [0, 0.1) is 5.41 Å². The van der Waals surface area contributed by atoms with E-state index in [2.05, 4.69) is 6.92 Å². The fourth-order valence-electron chi connectivity index (χ4n) is 3.95. The maximum absolute atomic E-state index is 6.18. The number of nitrogens with two attached hydrogens (primary N) is 2. The number of hydrogen-bond donors (Lipinski definition) is 2. The Morgan fingerprint density at radius 2 is 1.08 bits per heavy atom. The highest BCUT2D eigenvalue weighted by Crippen LogP contribution is 2.48. The van der Waals surface area contributed by atoms with Gasteiger partial charge in [-0.3, -0.25) is 0 Å². The molecule has 0 aliphatic rings. The Labute approximate surface area is 162 Å². The molecule has 0 aromatic heterocycles. The minimum atomic E-state index is -1.02. The van der Waals surface area contributed by atoms with Crippen LogP contribution in [0.4, 0.5) is 0 Å². The van der Waals surface area contributed by atoms with Crippen molar-refractivity contribution < 1.29 is 14.2 Å². The van der Waals surface area contributed by atoms with Crippen LogP contribution in [-0.2, 0) is 14.2 Å². The molecule has 0 heterocycles. The first-order chi connectivity index (χ1) is 12.6. The van der Waals surface area contributed by atoms with Crippen LogP contribution >= 0.6 is 0 Å². The maximum atomic E-state index is 6.18. The first-order valence-electron chi connectivity index (χ1n) is 10.9. The summed E-state index contributed by atoms with van der Waals surface area (Å²) < 4.78 is 18.5. The molecule has 26 heavy (non-hydrogen) atoms. The van der Waals surface area contributed by atoms with Crippen LogP contribution in [0.25, 0.3) is 0 Å². The molecule has 0 radical (unpaired) electrons. The van der Waals surface area contributed by atoms with Crippen molar-refractivity contribution in [3.8, 4) is 0 Å². The summed E-state index contributed by atoms with van der Waals surface area (Å²) >= 11 is 0. The van der Waals surface area contributed by atoms with E-state index in [4.69, 9.17) is 25.7 Å². The second kappa shape index (κ2) is 15.8. The molecule has 1 atom stereocenters. The van der Waals surface area contributed by atoms with Gasteiger partial charge in [-0.05, 0) is 59.5 Å². The summed E-state index contributed by atoms with van der Waals surface area (Å²) in [6.07, 6.45) is 11.2. The van der Waals surface area contributed by atoms with Gasteiger partial charge in [0, 0.05) is 19.8 Å². The fraction of sp³-hybridized carbons (Fsp3) is 1.00. The first kappa shape index (κ1) is 25.8. The van der Waals surface area contributed by atoms with Gasteiger partial charge in [-0.25, -0.2) is 0 Å². The van der Waals surface area contributed by atoms with Crippen LogP contribution in [-0.4, -0.2) is 38.9 Å². The van der Waals surface area contributed by atoms with Crippen molar-refractivity contribution in [3.63, 3.8) is 0 Å². The third-order valence-corrected chi connectivity index (χ3v) is 5.14. The lowest BCUT2D eigenvalue weighted by Gasteiger charge is -2.49. The molecule has 158 valence electrons. The maximum Gasteiger partial charge on any atom is 0.288 e. The van der Waals surface area contributed by atoms with Gasteiger partial charge in [0.15, 0.2) is 0 Å². The lowest BCUT2D eigenvalue weighted by Crippen LogP contribution is -2.56. The summed E-state index contributed by atoms with van der Waals surface area (Å²) in [4.78, 5) is 0. The van der Waals surface area contributed by atoms with E-state index in [-0.39, 0.29) is 5.41 Å². The zero-order valence-electron chi connectivity index (χ0n) is 18.0. The number of hydrogen-bond acceptors (Lipinski definition) is 5. The Morgan fingerprint density at radius 3 is 1.54 bits per heavy atom. The van der Waals surface area contributed by atoms with Gasteiger partial charge in [-0.2, -0.15) is 0 Å². The molecule has 0 unspecified atom stereocenters. The standard InChI is InChI=1S/C21H46N2O3/c1-5-9-10-11-12-13-15-20(17-19-23,16-14-18-22)21(24-6-2,25-7-3)26-8-4/h5-19,22-23H2,1-4H3/t20-/m1/s1. The van der Waals surface area contributed by atoms with Gasteiger partial charge in [0.1, 0.15) is 0 Å². The monoisotopic (exact) mass is 374 g/mol. The predicted octanol–water partition coefficient (Wildman–Crippen LogP) is 4.57. The van der Waals surface area contributed by atoms with E-state index in [0.29, 0.717) is 32.9 Å². The van der Waals surface area contributed by atoms with Gasteiger partial charge in [0.2, 0.25) is 0 Å². The molecule has 5 heteroatoms. The third-order valence-electron chi connectivity index (χ3n) is 5.14. The second-order valence-corrected chi connectivity index (χ2v) is 7.08. The first-order valence-corrected chi connectivity index (χ1v) is 10.9. The number of ether oxygens (including phenoxy) is 3. The van der Waals surface area contributed by atoms with Crippen LogP contribution in [0.3, 0.4) is 0 Å². The van der Waals surface area contributed by atoms with Crippen molar-refractivity contribution in [3.05, 3.63) is 0 Å². The lowest BCUT2D eigenvalue weighted by molar-refractivity contribution is -0.431. The largest absolute Gasteiger partial charge is 0.330 e. The van der Waals surface area contributed by atoms with E-state index in [1.807, 2.05) is 20.8 Å². The highest BCUT2D eigenvalue weighted by molar-refractivity contribution is 4.90. The molecule has 0 aliphatic carbocycles. The van der Waals surface area contributed by atoms with Gasteiger partial charge in [0.05, 0.1) is 5.41 Å². The Bertz CT molecular complexity index is 299. The van der Waals surface area contributed by atoms with Crippen LogP contribution in [0.15, 0.2) is 0 Å². The minimum Gasteiger partial charge on any atom is -0.330 e. The molecule has 0 saturated carbocycles. The van der Waals surface area contributed by atoms with Gasteiger partial charge in [-0.1, -0.05) is 45.4 Å². The van der Waals surface area contributed by atoms with Crippen molar-refractivity contribution in [2.24, 2.45) is 16.9 Å². The van der Waals surface area contributed by atoms with Crippen molar-refractivity contribution in [2.75, 3.05) is 32.9 Å². The molecule has 4 N–H and O–H groups in total. The minimum absolute atomic E-state index is 0.256. The fourth-order valence-corrected chi connectivity index (χ4v) is 3.95. The van der Waals surface area contributed by atoms with Crippen molar-refractivity contribution >= 4 is 0 Å². The summed E-state index contributed by atoms with van der Waals surface area (Å²) in [5, 5.41) is 0. The summed E-state index contributed by atoms with van der Waals surface area (Å²) in [6, 6.07) is 0. The Morgan fingerprint density at radius 1 is 0.577 bits per heavy atom. The highest BCUT2D eigenvalue weighted by Gasteiger charge is 2.53. The molecule has 0 bridgehead atoms. The van der Waals surface area contributed by atoms with E-state index in [9.17, 15) is 0 Å². The van der Waals surface area contributed by atoms with Crippen LogP contribution in [0.2, 0.25) is 0 Å². The molecule has 0 fully saturated rings. The quantitative estimate of drug-likeness (QED) is 0.256. The molecular formula is C21H46N2O3. The van der Waals surface area contributed by atoms with E-state index in [0.717, 1.165) is 32.1 Å². The van der Waals surface area contributed by atoms with E-state index >= 15 is 0 Å². The SMILES string of the molecule is CCCCCCCC[C@](CCN)(CCCN)C(OCC)(OCC)OCC. The Balaban J connectivity index is 5.42. The average Bonchev–Trinajstić information content (AvgIpc) is 2.63. The van der Waals surface area contributed by atoms with Crippen molar-refractivity contribution in [2.45, 2.75) is 97.9 Å². The molecule has 0 spiro atoms. The van der Waals surface area contributed by atoms with Crippen molar-refractivity contribution in [1.82, 2.24) is 0 Å². The number of rotatable bonds is 19. The predicted molar refractivity (Wildman–Crippen MR) is 110 cm³/mol. The van der Waals surface area contributed by atoms with Gasteiger partial charge in [0.25, 0.3) is 5.97 Å². The summed E-state index contributed by atoms with van der Waals surface area (Å²) in [7, 11) is 0. The van der Waals surface area contributed by atoms with E-state index < -0.39 is 5.97 Å². The van der Waals surface area contributed by atoms with E-state index in [1.54, 1.807) is 0 Å². The summed E-state index contributed by atoms with van der Waals surface area (Å²) in [6.45, 7) is 11.1. The molecule has 0 aromatic carbocycles. The van der Waals surface area contributed by atoms with Crippen molar-refractivity contribution in [1.29, 1.82) is 0 Å². The lowest BCUT2D eigenvalue weighted by atomic mass is 9.72. The Kier molecular flexibility index (Phi) is 15.7. The van der Waals surface area contributed by atoms with Gasteiger partial charge < -0.3 is 25.7 Å². The molecule has 0 amide bonds. The summed E-state index contributed by atoms with van der Waals surface area (Å²) in [5.41, 5.74) is 11.6.